The fourth-order valence-electron chi connectivity index (χ4n) is 3.06. The standard InChI is InChI=1S/C17H27N5O3/c18-15-5-4-14(13-19-15)22-10-8-21(9-11-22)7-6-16(23)20-25-17-3-1-2-12-24-17/h4-5,13,17H,1-3,6-12H2,(H2,18,19)(H,20,23). The average molecular weight is 349 g/mol. The van der Waals surface area contributed by atoms with Crippen LogP contribution in [0.1, 0.15) is 25.7 Å². The first-order valence-corrected chi connectivity index (χ1v) is 8.95. The van der Waals surface area contributed by atoms with Gasteiger partial charge in [0.1, 0.15) is 5.82 Å². The van der Waals surface area contributed by atoms with Gasteiger partial charge in [-0.05, 0) is 25.0 Å². The summed E-state index contributed by atoms with van der Waals surface area (Å²) in [6.45, 7) is 5.11. The van der Waals surface area contributed by atoms with Crippen LogP contribution in [0, 0.1) is 0 Å². The fourth-order valence-corrected chi connectivity index (χ4v) is 3.06. The van der Waals surface area contributed by atoms with Crippen LogP contribution in [-0.2, 0) is 14.4 Å². The van der Waals surface area contributed by atoms with Gasteiger partial charge in [-0.3, -0.25) is 9.69 Å². The minimum absolute atomic E-state index is 0.0978. The summed E-state index contributed by atoms with van der Waals surface area (Å²) >= 11 is 0. The number of carbonyl (C=O) groups excluding carboxylic acids is 1. The third kappa shape index (κ3) is 5.55. The van der Waals surface area contributed by atoms with Gasteiger partial charge in [-0.2, -0.15) is 0 Å². The van der Waals surface area contributed by atoms with Crippen LogP contribution in [0.2, 0.25) is 0 Å². The molecule has 2 saturated heterocycles. The van der Waals surface area contributed by atoms with Crippen LogP contribution in [0.5, 0.6) is 0 Å². The number of carbonyl (C=O) groups is 1. The van der Waals surface area contributed by atoms with E-state index in [-0.39, 0.29) is 12.2 Å². The Kier molecular flexibility index (Phi) is 6.43. The van der Waals surface area contributed by atoms with Crippen LogP contribution in [0.4, 0.5) is 11.5 Å². The normalized spacial score (nSPS) is 21.9. The van der Waals surface area contributed by atoms with Gasteiger partial charge in [0.05, 0.1) is 11.9 Å². The van der Waals surface area contributed by atoms with E-state index >= 15 is 0 Å². The number of ether oxygens (including phenoxy) is 1. The molecule has 1 unspecified atom stereocenters. The van der Waals surface area contributed by atoms with Crippen molar-refractivity contribution >= 4 is 17.4 Å². The lowest BCUT2D eigenvalue weighted by Crippen LogP contribution is -2.47. The molecule has 0 spiro atoms. The van der Waals surface area contributed by atoms with Crippen molar-refractivity contribution in [3.8, 4) is 0 Å². The SMILES string of the molecule is Nc1ccc(N2CCN(CCC(=O)NOC3CCCCO3)CC2)cn1. The predicted molar refractivity (Wildman–Crippen MR) is 94.7 cm³/mol. The summed E-state index contributed by atoms with van der Waals surface area (Å²) in [7, 11) is 0. The molecule has 3 heterocycles. The highest BCUT2D eigenvalue weighted by atomic mass is 16.8. The Bertz CT molecular complexity index is 540. The lowest BCUT2D eigenvalue weighted by Gasteiger charge is -2.35. The Balaban J connectivity index is 1.32. The maximum atomic E-state index is 11.9. The van der Waals surface area contributed by atoms with E-state index in [0.29, 0.717) is 18.8 Å². The number of anilines is 2. The van der Waals surface area contributed by atoms with E-state index < -0.39 is 0 Å². The number of nitrogens with one attached hydrogen (secondary N) is 1. The zero-order valence-corrected chi connectivity index (χ0v) is 14.5. The van der Waals surface area contributed by atoms with Crippen molar-refractivity contribution < 1.29 is 14.4 Å². The molecule has 3 N–H and O–H groups in total. The number of pyridine rings is 1. The van der Waals surface area contributed by atoms with E-state index in [1.165, 1.54) is 0 Å². The second-order valence-corrected chi connectivity index (χ2v) is 6.46. The van der Waals surface area contributed by atoms with Crippen LogP contribution < -0.4 is 16.1 Å². The van der Waals surface area contributed by atoms with Crippen molar-refractivity contribution in [3.63, 3.8) is 0 Å². The molecule has 1 aromatic rings. The Hall–Kier alpha value is -1.90. The van der Waals surface area contributed by atoms with Crippen LogP contribution in [0.3, 0.4) is 0 Å². The summed E-state index contributed by atoms with van der Waals surface area (Å²) in [5.41, 5.74) is 9.23. The maximum absolute atomic E-state index is 11.9. The van der Waals surface area contributed by atoms with E-state index in [2.05, 4.69) is 20.3 Å². The van der Waals surface area contributed by atoms with Crippen LogP contribution >= 0.6 is 0 Å². The third-order valence-electron chi connectivity index (χ3n) is 4.61. The first kappa shape index (κ1) is 17.9. The third-order valence-corrected chi connectivity index (χ3v) is 4.61. The molecule has 0 aliphatic carbocycles. The highest BCUT2D eigenvalue weighted by Gasteiger charge is 2.19. The minimum atomic E-state index is -0.297. The lowest BCUT2D eigenvalue weighted by atomic mass is 10.2. The van der Waals surface area contributed by atoms with Crippen LogP contribution in [0.25, 0.3) is 0 Å². The summed E-state index contributed by atoms with van der Waals surface area (Å²) in [5, 5.41) is 0. The molecule has 138 valence electrons. The number of hydrogen-bond donors (Lipinski definition) is 2. The smallest absolute Gasteiger partial charge is 0.244 e. The second kappa shape index (κ2) is 8.98. The number of nitrogens with zero attached hydrogens (tertiary/aromatic N) is 3. The van der Waals surface area contributed by atoms with Crippen molar-refractivity contribution in [1.82, 2.24) is 15.4 Å². The molecule has 25 heavy (non-hydrogen) atoms. The quantitative estimate of drug-likeness (QED) is 0.732. The molecular formula is C17H27N5O3. The summed E-state index contributed by atoms with van der Waals surface area (Å²) in [4.78, 5) is 25.9. The first-order valence-electron chi connectivity index (χ1n) is 8.95. The molecule has 2 aliphatic rings. The first-order chi connectivity index (χ1) is 12.2. The predicted octanol–water partition coefficient (Wildman–Crippen LogP) is 0.750. The highest BCUT2D eigenvalue weighted by Crippen LogP contribution is 2.16. The largest absolute Gasteiger partial charge is 0.384 e. The molecular weight excluding hydrogens is 322 g/mol. The van der Waals surface area contributed by atoms with Gasteiger partial charge in [-0.1, -0.05) is 0 Å². The van der Waals surface area contributed by atoms with Crippen LogP contribution in [0.15, 0.2) is 18.3 Å². The van der Waals surface area contributed by atoms with Gasteiger partial charge in [0, 0.05) is 52.2 Å². The Morgan fingerprint density at radius 1 is 1.32 bits per heavy atom. The van der Waals surface area contributed by atoms with E-state index in [1.807, 2.05) is 18.3 Å². The lowest BCUT2D eigenvalue weighted by molar-refractivity contribution is -0.200. The Morgan fingerprint density at radius 2 is 2.16 bits per heavy atom. The molecule has 8 nitrogen and oxygen atoms in total. The number of hydroxylamine groups is 1. The molecule has 8 heteroatoms. The minimum Gasteiger partial charge on any atom is -0.384 e. The van der Waals surface area contributed by atoms with Gasteiger partial charge in [0.15, 0.2) is 6.29 Å². The second-order valence-electron chi connectivity index (χ2n) is 6.46. The van der Waals surface area contributed by atoms with Gasteiger partial charge in [0.25, 0.3) is 0 Å². The molecule has 0 bridgehead atoms. The van der Waals surface area contributed by atoms with Crippen molar-refractivity contribution in [2.75, 3.05) is 50.0 Å². The molecule has 0 aromatic carbocycles. The number of rotatable bonds is 6. The molecule has 1 aromatic heterocycles. The van der Waals surface area contributed by atoms with Gasteiger partial charge in [-0.25, -0.2) is 15.3 Å². The van der Waals surface area contributed by atoms with Gasteiger partial charge < -0.3 is 15.4 Å². The number of piperazine rings is 1. The summed E-state index contributed by atoms with van der Waals surface area (Å²) in [6, 6.07) is 3.82. The Morgan fingerprint density at radius 3 is 2.84 bits per heavy atom. The number of aromatic nitrogens is 1. The summed E-state index contributed by atoms with van der Waals surface area (Å²) in [5.74, 6) is 0.439. The van der Waals surface area contributed by atoms with Crippen molar-refractivity contribution in [3.05, 3.63) is 18.3 Å². The van der Waals surface area contributed by atoms with Crippen molar-refractivity contribution in [2.24, 2.45) is 0 Å². The highest BCUT2D eigenvalue weighted by molar-refractivity contribution is 5.74. The molecule has 3 rings (SSSR count). The molecule has 1 atom stereocenters. The molecule has 2 aliphatic heterocycles. The molecule has 0 radical (unpaired) electrons. The zero-order valence-electron chi connectivity index (χ0n) is 14.5. The van der Waals surface area contributed by atoms with E-state index in [0.717, 1.165) is 57.7 Å². The number of amides is 1. The van der Waals surface area contributed by atoms with E-state index in [4.69, 9.17) is 15.3 Å². The molecule has 2 fully saturated rings. The van der Waals surface area contributed by atoms with Crippen molar-refractivity contribution in [2.45, 2.75) is 32.0 Å². The topological polar surface area (TPSA) is 93.0 Å². The number of nitrogens with two attached hydrogens (primary N) is 1. The molecule has 0 saturated carbocycles. The van der Waals surface area contributed by atoms with E-state index in [1.54, 1.807) is 0 Å². The van der Waals surface area contributed by atoms with E-state index in [9.17, 15) is 4.79 Å². The van der Waals surface area contributed by atoms with Crippen molar-refractivity contribution in [1.29, 1.82) is 0 Å². The van der Waals surface area contributed by atoms with Gasteiger partial charge >= 0.3 is 0 Å². The van der Waals surface area contributed by atoms with Gasteiger partial charge in [-0.15, -0.1) is 0 Å². The summed E-state index contributed by atoms with van der Waals surface area (Å²) in [6.07, 6.45) is 4.91. The molecule has 1 amide bonds. The average Bonchev–Trinajstić information content (AvgIpc) is 2.67. The number of hydrogen-bond acceptors (Lipinski definition) is 7. The van der Waals surface area contributed by atoms with Gasteiger partial charge in [0.2, 0.25) is 5.91 Å². The zero-order chi connectivity index (χ0) is 17.5. The monoisotopic (exact) mass is 349 g/mol. The summed E-state index contributed by atoms with van der Waals surface area (Å²) < 4.78 is 5.42. The maximum Gasteiger partial charge on any atom is 0.244 e. The van der Waals surface area contributed by atoms with Crippen LogP contribution in [-0.4, -0.2) is 61.4 Å². The Labute approximate surface area is 148 Å². The fraction of sp³-hybridized carbons (Fsp3) is 0.647. The number of nitrogen functional groups attached to an aromatic ring is 1.